The Balaban J connectivity index is 1.58. The molecular weight excluding hydrogens is 388 g/mol. The summed E-state index contributed by atoms with van der Waals surface area (Å²) in [5.74, 6) is 1.39. The highest BCUT2D eigenvalue weighted by molar-refractivity contribution is 5.95. The molecule has 6 nitrogen and oxygen atoms in total. The normalized spacial score (nSPS) is 11.6. The molecule has 2 heterocycles. The molecule has 31 heavy (non-hydrogen) atoms. The van der Waals surface area contributed by atoms with E-state index in [9.17, 15) is 4.79 Å². The van der Waals surface area contributed by atoms with E-state index in [0.717, 1.165) is 33.5 Å². The molecule has 160 valence electrons. The lowest BCUT2D eigenvalue weighted by molar-refractivity contribution is -0.115. The second-order valence-corrected chi connectivity index (χ2v) is 8.76. The minimum atomic E-state index is -0.116. The maximum Gasteiger partial charge on any atom is 0.230 e. The summed E-state index contributed by atoms with van der Waals surface area (Å²) < 4.78 is 7.20. The van der Waals surface area contributed by atoms with Crippen LogP contribution < -0.4 is 10.1 Å². The van der Waals surface area contributed by atoms with Gasteiger partial charge in [-0.05, 0) is 29.3 Å². The maximum absolute atomic E-state index is 12.9. The van der Waals surface area contributed by atoms with Crippen LogP contribution in [-0.2, 0) is 23.2 Å². The zero-order valence-corrected chi connectivity index (χ0v) is 18.4. The van der Waals surface area contributed by atoms with Gasteiger partial charge in [0.25, 0.3) is 0 Å². The molecular formula is C25H28N4O2. The Morgan fingerprint density at radius 3 is 2.61 bits per heavy atom. The number of methoxy groups -OCH3 is 1. The Bertz CT molecular complexity index is 1200. The highest BCUT2D eigenvalue weighted by Crippen LogP contribution is 2.26. The number of carbonyl (C=O) groups excluding carboxylic acids is 1. The minimum absolute atomic E-state index is 0.0848. The van der Waals surface area contributed by atoms with Gasteiger partial charge in [-0.15, -0.1) is 0 Å². The van der Waals surface area contributed by atoms with Gasteiger partial charge in [-0.1, -0.05) is 51.1 Å². The van der Waals surface area contributed by atoms with E-state index in [1.165, 1.54) is 0 Å². The van der Waals surface area contributed by atoms with Crippen LogP contribution in [0.1, 0.15) is 37.6 Å². The van der Waals surface area contributed by atoms with Crippen molar-refractivity contribution in [2.24, 2.45) is 0 Å². The third-order valence-corrected chi connectivity index (χ3v) is 5.32. The molecule has 0 atom stereocenters. The molecule has 0 aliphatic rings. The van der Waals surface area contributed by atoms with E-state index < -0.39 is 0 Å². The van der Waals surface area contributed by atoms with Crippen LogP contribution in [0.2, 0.25) is 0 Å². The monoisotopic (exact) mass is 416 g/mol. The fourth-order valence-electron chi connectivity index (χ4n) is 3.55. The van der Waals surface area contributed by atoms with Gasteiger partial charge in [0.2, 0.25) is 5.91 Å². The lowest BCUT2D eigenvalue weighted by Gasteiger charge is -2.14. The lowest BCUT2D eigenvalue weighted by atomic mass is 9.92. The van der Waals surface area contributed by atoms with E-state index in [1.54, 1.807) is 7.11 Å². The van der Waals surface area contributed by atoms with Crippen molar-refractivity contribution in [3.63, 3.8) is 0 Å². The fourth-order valence-corrected chi connectivity index (χ4v) is 3.55. The third-order valence-electron chi connectivity index (χ3n) is 5.32. The smallest absolute Gasteiger partial charge is 0.230 e. The highest BCUT2D eigenvalue weighted by atomic mass is 16.5. The SMILES string of the molecule is COc1ccc2[nH]cc(CC(=O)Nc3cc(C(C)(C)C)nn3Cc3ccccc3)c2c1. The molecule has 6 heteroatoms. The first-order valence-corrected chi connectivity index (χ1v) is 10.4. The first kappa shape index (κ1) is 20.7. The van der Waals surface area contributed by atoms with Crippen LogP contribution >= 0.6 is 0 Å². The van der Waals surface area contributed by atoms with Gasteiger partial charge in [0.1, 0.15) is 11.6 Å². The molecule has 2 aromatic heterocycles. The van der Waals surface area contributed by atoms with Crippen LogP contribution in [0.5, 0.6) is 5.75 Å². The lowest BCUT2D eigenvalue weighted by Crippen LogP contribution is -2.18. The Morgan fingerprint density at radius 1 is 1.13 bits per heavy atom. The van der Waals surface area contributed by atoms with Crippen LogP contribution in [0, 0.1) is 0 Å². The number of fused-ring (bicyclic) bond motifs is 1. The van der Waals surface area contributed by atoms with E-state index in [2.05, 4.69) is 43.2 Å². The van der Waals surface area contributed by atoms with Crippen LogP contribution in [-0.4, -0.2) is 27.8 Å². The number of H-pyrrole nitrogens is 1. The summed E-state index contributed by atoms with van der Waals surface area (Å²) in [6.45, 7) is 6.95. The molecule has 0 aliphatic carbocycles. The number of nitrogens with one attached hydrogen (secondary N) is 2. The minimum Gasteiger partial charge on any atom is -0.497 e. The van der Waals surface area contributed by atoms with Crippen molar-refractivity contribution >= 4 is 22.6 Å². The van der Waals surface area contributed by atoms with E-state index in [0.29, 0.717) is 12.4 Å². The van der Waals surface area contributed by atoms with Gasteiger partial charge in [-0.3, -0.25) is 4.79 Å². The average Bonchev–Trinajstić information content (AvgIpc) is 3.32. The second-order valence-electron chi connectivity index (χ2n) is 8.76. The number of aromatic amines is 1. The quantitative estimate of drug-likeness (QED) is 0.470. The van der Waals surface area contributed by atoms with E-state index in [4.69, 9.17) is 9.84 Å². The zero-order chi connectivity index (χ0) is 22.0. The molecule has 4 aromatic rings. The Morgan fingerprint density at radius 2 is 1.90 bits per heavy atom. The van der Waals surface area contributed by atoms with E-state index in [-0.39, 0.29) is 17.7 Å². The summed E-state index contributed by atoms with van der Waals surface area (Å²) in [5.41, 5.74) is 3.86. The first-order valence-electron chi connectivity index (χ1n) is 10.4. The number of ether oxygens (including phenoxy) is 1. The van der Waals surface area contributed by atoms with Gasteiger partial charge in [-0.2, -0.15) is 5.10 Å². The molecule has 0 saturated carbocycles. The Labute approximate surface area is 182 Å². The summed E-state index contributed by atoms with van der Waals surface area (Å²) in [5, 5.41) is 8.84. The molecule has 0 spiro atoms. The number of carbonyl (C=O) groups is 1. The van der Waals surface area contributed by atoms with Gasteiger partial charge in [0.15, 0.2) is 0 Å². The van der Waals surface area contributed by atoms with Gasteiger partial charge < -0.3 is 15.0 Å². The molecule has 4 rings (SSSR count). The summed E-state index contributed by atoms with van der Waals surface area (Å²) in [4.78, 5) is 16.2. The zero-order valence-electron chi connectivity index (χ0n) is 18.4. The molecule has 0 aliphatic heterocycles. The van der Waals surface area contributed by atoms with E-state index in [1.807, 2.05) is 53.3 Å². The number of hydrogen-bond acceptors (Lipinski definition) is 3. The summed E-state index contributed by atoms with van der Waals surface area (Å²) in [6.07, 6.45) is 2.14. The van der Waals surface area contributed by atoms with Crippen molar-refractivity contribution in [3.05, 3.63) is 77.6 Å². The standard InChI is InChI=1S/C25H28N4O2/c1-25(2,3)22-14-23(29(28-22)16-17-8-6-5-7-9-17)27-24(30)12-18-15-26-21-11-10-19(31-4)13-20(18)21/h5-11,13-15,26H,12,16H2,1-4H3,(H,27,30). The fraction of sp³-hybridized carbons (Fsp3) is 0.280. The predicted octanol–water partition coefficient (Wildman–Crippen LogP) is 4.90. The van der Waals surface area contributed by atoms with Crippen LogP contribution in [0.3, 0.4) is 0 Å². The average molecular weight is 417 g/mol. The molecule has 0 unspecified atom stereocenters. The van der Waals surface area contributed by atoms with Crippen molar-refractivity contribution in [2.75, 3.05) is 12.4 Å². The third kappa shape index (κ3) is 4.63. The van der Waals surface area contributed by atoms with Crippen molar-refractivity contribution < 1.29 is 9.53 Å². The maximum atomic E-state index is 12.9. The summed E-state index contributed by atoms with van der Waals surface area (Å²) in [6, 6.07) is 17.9. The number of benzene rings is 2. The molecule has 0 fully saturated rings. The molecule has 2 N–H and O–H groups in total. The van der Waals surface area contributed by atoms with Crippen LogP contribution in [0.4, 0.5) is 5.82 Å². The molecule has 0 bridgehead atoms. The van der Waals surface area contributed by atoms with E-state index >= 15 is 0 Å². The largest absolute Gasteiger partial charge is 0.497 e. The van der Waals surface area contributed by atoms with Gasteiger partial charge in [0, 0.05) is 28.6 Å². The molecule has 0 saturated heterocycles. The number of aromatic nitrogens is 3. The Hall–Kier alpha value is -3.54. The second kappa shape index (κ2) is 8.30. The molecule has 0 radical (unpaired) electrons. The van der Waals surface area contributed by atoms with Gasteiger partial charge >= 0.3 is 0 Å². The number of amides is 1. The highest BCUT2D eigenvalue weighted by Gasteiger charge is 2.21. The number of nitrogens with zero attached hydrogens (tertiary/aromatic N) is 2. The van der Waals surface area contributed by atoms with Gasteiger partial charge in [-0.25, -0.2) is 4.68 Å². The topological polar surface area (TPSA) is 71.9 Å². The van der Waals surface area contributed by atoms with Crippen molar-refractivity contribution in [3.8, 4) is 5.75 Å². The predicted molar refractivity (Wildman–Crippen MR) is 124 cm³/mol. The Kier molecular flexibility index (Phi) is 5.55. The van der Waals surface area contributed by atoms with Gasteiger partial charge in [0.05, 0.1) is 25.8 Å². The van der Waals surface area contributed by atoms with Crippen molar-refractivity contribution in [2.45, 2.75) is 39.2 Å². The number of anilines is 1. The number of hydrogen-bond donors (Lipinski definition) is 2. The first-order chi connectivity index (χ1) is 14.8. The van der Waals surface area contributed by atoms with Crippen molar-refractivity contribution in [1.29, 1.82) is 0 Å². The summed E-state index contributed by atoms with van der Waals surface area (Å²) in [7, 11) is 1.64. The van der Waals surface area contributed by atoms with Crippen LogP contribution in [0.15, 0.2) is 60.8 Å². The van der Waals surface area contributed by atoms with Crippen LogP contribution in [0.25, 0.3) is 10.9 Å². The number of rotatable bonds is 6. The summed E-state index contributed by atoms with van der Waals surface area (Å²) >= 11 is 0. The molecule has 2 aromatic carbocycles. The molecule has 1 amide bonds. The van der Waals surface area contributed by atoms with Crippen molar-refractivity contribution in [1.82, 2.24) is 14.8 Å².